The predicted molar refractivity (Wildman–Crippen MR) is 79.8 cm³/mol. The number of hydrogen-bond donors (Lipinski definition) is 1. The van der Waals surface area contributed by atoms with Crippen molar-refractivity contribution in [3.63, 3.8) is 0 Å². The summed E-state index contributed by atoms with van der Waals surface area (Å²) in [6, 6.07) is 8.99. The van der Waals surface area contributed by atoms with Crippen LogP contribution in [0.1, 0.15) is 40.0 Å². The molecule has 1 aromatic rings. The number of hydrogen-bond acceptors (Lipinski definition) is 2. The van der Waals surface area contributed by atoms with Gasteiger partial charge in [-0.05, 0) is 56.2 Å². The van der Waals surface area contributed by atoms with Gasteiger partial charge in [-0.15, -0.1) is 0 Å². The second kappa shape index (κ2) is 5.64. The summed E-state index contributed by atoms with van der Waals surface area (Å²) in [6.45, 7) is 8.09. The maximum atomic E-state index is 5.90. The highest BCUT2D eigenvalue weighted by atomic mass is 15.2. The van der Waals surface area contributed by atoms with E-state index in [1.807, 2.05) is 6.07 Å². The fourth-order valence-electron chi connectivity index (χ4n) is 3.16. The Morgan fingerprint density at radius 2 is 2.00 bits per heavy atom. The predicted octanol–water partition coefficient (Wildman–Crippen LogP) is 3.92. The highest BCUT2D eigenvalue weighted by Gasteiger charge is 2.28. The molecule has 2 heteroatoms. The molecule has 100 valence electrons. The first-order valence-electron chi connectivity index (χ1n) is 7.24. The Bertz CT molecular complexity index is 388. The zero-order valence-corrected chi connectivity index (χ0v) is 11.9. The van der Waals surface area contributed by atoms with E-state index in [2.05, 4.69) is 43.9 Å². The van der Waals surface area contributed by atoms with Gasteiger partial charge in [-0.25, -0.2) is 0 Å². The maximum absolute atomic E-state index is 5.90. The van der Waals surface area contributed by atoms with E-state index in [-0.39, 0.29) is 0 Å². The van der Waals surface area contributed by atoms with Crippen LogP contribution >= 0.6 is 0 Å². The fraction of sp³-hybridized carbons (Fsp3) is 0.625. The summed E-state index contributed by atoms with van der Waals surface area (Å²) in [4.78, 5) is 2.53. The molecule has 0 amide bonds. The van der Waals surface area contributed by atoms with Gasteiger partial charge in [-0.3, -0.25) is 0 Å². The van der Waals surface area contributed by atoms with Gasteiger partial charge < -0.3 is 10.6 Å². The van der Waals surface area contributed by atoms with Crippen molar-refractivity contribution in [3.05, 3.63) is 24.3 Å². The molecule has 2 N–H and O–H groups in total. The number of nitrogen functional groups attached to an aromatic ring is 1. The topological polar surface area (TPSA) is 29.3 Å². The lowest BCUT2D eigenvalue weighted by Crippen LogP contribution is -2.40. The van der Waals surface area contributed by atoms with Crippen molar-refractivity contribution in [2.75, 3.05) is 17.2 Å². The van der Waals surface area contributed by atoms with Crippen LogP contribution in [-0.2, 0) is 0 Å². The zero-order valence-electron chi connectivity index (χ0n) is 11.9. The number of anilines is 2. The van der Waals surface area contributed by atoms with E-state index in [0.717, 1.165) is 24.1 Å². The summed E-state index contributed by atoms with van der Waals surface area (Å²) in [5.41, 5.74) is 8.05. The van der Waals surface area contributed by atoms with Gasteiger partial charge in [0.15, 0.2) is 0 Å². The lowest BCUT2D eigenvalue weighted by atomic mass is 9.78. The summed E-state index contributed by atoms with van der Waals surface area (Å²) in [7, 11) is 0. The van der Waals surface area contributed by atoms with E-state index in [0.29, 0.717) is 6.04 Å². The molecule has 1 aliphatic carbocycles. The monoisotopic (exact) mass is 246 g/mol. The molecule has 3 atom stereocenters. The Labute approximate surface area is 111 Å². The third-order valence-electron chi connectivity index (χ3n) is 4.55. The molecule has 1 fully saturated rings. The van der Waals surface area contributed by atoms with Gasteiger partial charge >= 0.3 is 0 Å². The smallest absolute Gasteiger partial charge is 0.0389 e. The molecule has 0 spiro atoms. The molecule has 2 rings (SSSR count). The molecule has 0 bridgehead atoms. The van der Waals surface area contributed by atoms with Gasteiger partial charge in [0.1, 0.15) is 0 Å². The summed E-state index contributed by atoms with van der Waals surface area (Å²) < 4.78 is 0. The highest BCUT2D eigenvalue weighted by Crippen LogP contribution is 2.34. The van der Waals surface area contributed by atoms with E-state index in [1.165, 1.54) is 24.9 Å². The van der Waals surface area contributed by atoms with Gasteiger partial charge in [-0.1, -0.05) is 19.9 Å². The van der Waals surface area contributed by atoms with Crippen LogP contribution in [0.15, 0.2) is 24.3 Å². The molecule has 18 heavy (non-hydrogen) atoms. The molecule has 1 aliphatic rings. The van der Waals surface area contributed by atoms with E-state index in [1.54, 1.807) is 0 Å². The van der Waals surface area contributed by atoms with Gasteiger partial charge in [-0.2, -0.15) is 0 Å². The molecule has 1 aromatic carbocycles. The van der Waals surface area contributed by atoms with Crippen LogP contribution in [0.2, 0.25) is 0 Å². The van der Waals surface area contributed by atoms with Crippen molar-refractivity contribution in [2.45, 2.75) is 46.1 Å². The number of nitrogens with two attached hydrogens (primary N) is 1. The van der Waals surface area contributed by atoms with Gasteiger partial charge in [0.25, 0.3) is 0 Å². The van der Waals surface area contributed by atoms with E-state index >= 15 is 0 Å². The molecule has 0 saturated heterocycles. The Morgan fingerprint density at radius 1 is 1.22 bits per heavy atom. The minimum atomic E-state index is 0.683. The number of rotatable bonds is 3. The normalized spacial score (nSPS) is 28.1. The Morgan fingerprint density at radius 3 is 2.61 bits per heavy atom. The minimum Gasteiger partial charge on any atom is -0.399 e. The van der Waals surface area contributed by atoms with E-state index in [4.69, 9.17) is 5.73 Å². The van der Waals surface area contributed by atoms with E-state index < -0.39 is 0 Å². The summed E-state index contributed by atoms with van der Waals surface area (Å²) in [5.74, 6) is 1.71. The van der Waals surface area contributed by atoms with Crippen LogP contribution in [0.5, 0.6) is 0 Å². The quantitative estimate of drug-likeness (QED) is 0.819. The Balaban J connectivity index is 2.14. The first kappa shape index (κ1) is 13.3. The van der Waals surface area contributed by atoms with Crippen molar-refractivity contribution in [1.82, 2.24) is 0 Å². The van der Waals surface area contributed by atoms with Crippen molar-refractivity contribution in [3.8, 4) is 0 Å². The number of nitrogens with zero attached hydrogens (tertiary/aromatic N) is 1. The van der Waals surface area contributed by atoms with Crippen LogP contribution in [0, 0.1) is 11.8 Å². The van der Waals surface area contributed by atoms with Crippen LogP contribution in [0.25, 0.3) is 0 Å². The lowest BCUT2D eigenvalue weighted by molar-refractivity contribution is 0.244. The average Bonchev–Trinajstić information content (AvgIpc) is 2.35. The second-order valence-electron chi connectivity index (χ2n) is 5.80. The third kappa shape index (κ3) is 2.80. The summed E-state index contributed by atoms with van der Waals surface area (Å²) in [5, 5.41) is 0. The highest BCUT2D eigenvalue weighted by molar-refractivity contribution is 5.56. The van der Waals surface area contributed by atoms with Gasteiger partial charge in [0.05, 0.1) is 0 Å². The number of benzene rings is 1. The minimum absolute atomic E-state index is 0.683. The van der Waals surface area contributed by atoms with Gasteiger partial charge in [0.2, 0.25) is 0 Å². The average molecular weight is 246 g/mol. The molecular weight excluding hydrogens is 220 g/mol. The molecule has 0 radical (unpaired) electrons. The molecule has 2 nitrogen and oxygen atoms in total. The van der Waals surface area contributed by atoms with E-state index in [9.17, 15) is 0 Å². The molecule has 0 aliphatic heterocycles. The van der Waals surface area contributed by atoms with Crippen LogP contribution in [-0.4, -0.2) is 12.6 Å². The SMILES string of the molecule is CCN(c1cccc(N)c1)C1CCC(C)C(C)C1. The molecule has 3 unspecified atom stereocenters. The van der Waals surface area contributed by atoms with Crippen LogP contribution in [0.4, 0.5) is 11.4 Å². The maximum Gasteiger partial charge on any atom is 0.0389 e. The summed E-state index contributed by atoms with van der Waals surface area (Å²) in [6.07, 6.45) is 3.97. The fourth-order valence-corrected chi connectivity index (χ4v) is 3.16. The first-order valence-corrected chi connectivity index (χ1v) is 7.24. The Kier molecular flexibility index (Phi) is 4.15. The first-order chi connectivity index (χ1) is 8.61. The van der Waals surface area contributed by atoms with Crippen molar-refractivity contribution in [2.24, 2.45) is 11.8 Å². The zero-order chi connectivity index (χ0) is 13.1. The van der Waals surface area contributed by atoms with Crippen molar-refractivity contribution >= 4 is 11.4 Å². The third-order valence-corrected chi connectivity index (χ3v) is 4.55. The largest absolute Gasteiger partial charge is 0.399 e. The van der Waals surface area contributed by atoms with Crippen LogP contribution < -0.4 is 10.6 Å². The molecular formula is C16H26N2. The second-order valence-corrected chi connectivity index (χ2v) is 5.80. The molecule has 0 aromatic heterocycles. The van der Waals surface area contributed by atoms with Crippen molar-refractivity contribution in [1.29, 1.82) is 0 Å². The van der Waals surface area contributed by atoms with Crippen LogP contribution in [0.3, 0.4) is 0 Å². The summed E-state index contributed by atoms with van der Waals surface area (Å²) >= 11 is 0. The molecule has 0 heterocycles. The molecule has 1 saturated carbocycles. The van der Waals surface area contributed by atoms with Gasteiger partial charge in [0, 0.05) is 24.0 Å². The Hall–Kier alpha value is -1.18. The van der Waals surface area contributed by atoms with Crippen molar-refractivity contribution < 1.29 is 0 Å². The lowest BCUT2D eigenvalue weighted by Gasteiger charge is -2.40. The standard InChI is InChI=1S/C16H26N2/c1-4-18(15-7-5-6-14(17)11-15)16-9-8-12(2)13(3)10-16/h5-7,11-13,16H,4,8-10,17H2,1-3H3.